The molecule has 0 aromatic heterocycles. The minimum Gasteiger partial charge on any atom is -0.492 e. The molecule has 1 aromatic rings. The Morgan fingerprint density at radius 3 is 2.61 bits per heavy atom. The lowest BCUT2D eigenvalue weighted by molar-refractivity contribution is -0.137. The smallest absolute Gasteiger partial charge is 0.314 e. The Hall–Kier alpha value is -2.77. The fraction of sp³-hybridized carbons (Fsp3) is 0.400. The third kappa shape index (κ3) is 8.97. The SMILES string of the molecule is CC(=O)Nc1cccc(OCCNC(=O)NCCCC(=O)O)c1. The maximum absolute atomic E-state index is 11.4. The lowest BCUT2D eigenvalue weighted by Gasteiger charge is -2.10. The summed E-state index contributed by atoms with van der Waals surface area (Å²) in [6, 6.07) is 6.57. The predicted octanol–water partition coefficient (Wildman–Crippen LogP) is 1.19. The van der Waals surface area contributed by atoms with Crippen LogP contribution in [0.2, 0.25) is 0 Å². The summed E-state index contributed by atoms with van der Waals surface area (Å²) in [5, 5.41) is 16.3. The second-order valence-corrected chi connectivity index (χ2v) is 4.74. The Kier molecular flexibility index (Phi) is 7.98. The summed E-state index contributed by atoms with van der Waals surface area (Å²) >= 11 is 0. The maximum Gasteiger partial charge on any atom is 0.314 e. The van der Waals surface area contributed by atoms with Crippen molar-refractivity contribution in [3.63, 3.8) is 0 Å². The lowest BCUT2D eigenvalue weighted by Crippen LogP contribution is -2.38. The van der Waals surface area contributed by atoms with Gasteiger partial charge in [0.15, 0.2) is 0 Å². The van der Waals surface area contributed by atoms with Crippen LogP contribution in [-0.2, 0) is 9.59 Å². The largest absolute Gasteiger partial charge is 0.492 e. The third-order valence-electron chi connectivity index (χ3n) is 2.66. The first kappa shape index (κ1) is 18.3. The van der Waals surface area contributed by atoms with Crippen LogP contribution in [0.1, 0.15) is 19.8 Å². The average Bonchev–Trinajstić information content (AvgIpc) is 2.48. The van der Waals surface area contributed by atoms with Crippen LogP contribution in [0.4, 0.5) is 10.5 Å². The number of rotatable bonds is 9. The summed E-state index contributed by atoms with van der Waals surface area (Å²) < 4.78 is 5.46. The standard InChI is InChI=1S/C15H21N3O5/c1-11(19)18-12-4-2-5-13(10-12)23-9-8-17-15(22)16-7-3-6-14(20)21/h2,4-5,10H,3,6-9H2,1H3,(H,18,19)(H,20,21)(H2,16,17,22). The number of anilines is 1. The number of carbonyl (C=O) groups is 3. The van der Waals surface area contributed by atoms with Crippen molar-refractivity contribution in [1.82, 2.24) is 10.6 Å². The number of hydrogen-bond acceptors (Lipinski definition) is 4. The summed E-state index contributed by atoms with van der Waals surface area (Å²) in [4.78, 5) is 32.7. The Morgan fingerprint density at radius 2 is 1.91 bits per heavy atom. The highest BCUT2D eigenvalue weighted by Crippen LogP contribution is 2.16. The molecular weight excluding hydrogens is 302 g/mol. The first-order valence-corrected chi connectivity index (χ1v) is 7.21. The molecule has 0 spiro atoms. The summed E-state index contributed by atoms with van der Waals surface area (Å²) in [7, 11) is 0. The van der Waals surface area contributed by atoms with E-state index in [4.69, 9.17) is 9.84 Å². The van der Waals surface area contributed by atoms with Crippen LogP contribution in [0, 0.1) is 0 Å². The number of amides is 3. The second kappa shape index (κ2) is 10.0. The number of benzene rings is 1. The van der Waals surface area contributed by atoms with Gasteiger partial charge in [-0.3, -0.25) is 9.59 Å². The van der Waals surface area contributed by atoms with E-state index in [0.717, 1.165) is 0 Å². The highest BCUT2D eigenvalue weighted by molar-refractivity contribution is 5.88. The zero-order chi connectivity index (χ0) is 17.1. The van der Waals surface area contributed by atoms with Gasteiger partial charge in [0.1, 0.15) is 12.4 Å². The van der Waals surface area contributed by atoms with Crippen molar-refractivity contribution in [2.24, 2.45) is 0 Å². The Balaban J connectivity index is 2.18. The molecule has 4 N–H and O–H groups in total. The van der Waals surface area contributed by atoms with Gasteiger partial charge in [0, 0.05) is 31.6 Å². The fourth-order valence-electron chi connectivity index (χ4n) is 1.70. The van der Waals surface area contributed by atoms with Crippen molar-refractivity contribution < 1.29 is 24.2 Å². The van der Waals surface area contributed by atoms with Crippen LogP contribution < -0.4 is 20.7 Å². The van der Waals surface area contributed by atoms with E-state index in [0.29, 0.717) is 30.9 Å². The minimum atomic E-state index is -0.887. The van der Waals surface area contributed by atoms with Crippen molar-refractivity contribution in [3.05, 3.63) is 24.3 Å². The number of carbonyl (C=O) groups excluding carboxylic acids is 2. The van der Waals surface area contributed by atoms with Crippen LogP contribution in [0.5, 0.6) is 5.75 Å². The first-order valence-electron chi connectivity index (χ1n) is 7.21. The molecule has 8 nitrogen and oxygen atoms in total. The van der Waals surface area contributed by atoms with Crippen molar-refractivity contribution in [1.29, 1.82) is 0 Å². The van der Waals surface area contributed by atoms with Crippen LogP contribution >= 0.6 is 0 Å². The topological polar surface area (TPSA) is 117 Å². The zero-order valence-corrected chi connectivity index (χ0v) is 12.9. The summed E-state index contributed by atoms with van der Waals surface area (Å²) in [5.41, 5.74) is 0.638. The number of urea groups is 1. The zero-order valence-electron chi connectivity index (χ0n) is 12.9. The second-order valence-electron chi connectivity index (χ2n) is 4.74. The van der Waals surface area contributed by atoms with Gasteiger partial charge in [-0.15, -0.1) is 0 Å². The van der Waals surface area contributed by atoms with E-state index in [2.05, 4.69) is 16.0 Å². The number of nitrogens with one attached hydrogen (secondary N) is 3. The molecule has 126 valence electrons. The highest BCUT2D eigenvalue weighted by Gasteiger charge is 2.02. The van der Waals surface area contributed by atoms with Crippen molar-refractivity contribution in [2.75, 3.05) is 25.0 Å². The molecule has 0 fully saturated rings. The minimum absolute atomic E-state index is 0.0219. The van der Waals surface area contributed by atoms with Gasteiger partial charge in [-0.2, -0.15) is 0 Å². The van der Waals surface area contributed by atoms with E-state index in [1.807, 2.05) is 0 Å². The molecule has 0 unspecified atom stereocenters. The van der Waals surface area contributed by atoms with Crippen LogP contribution in [0.15, 0.2) is 24.3 Å². The van der Waals surface area contributed by atoms with E-state index < -0.39 is 5.97 Å². The molecule has 1 rings (SSSR count). The normalized spacial score (nSPS) is 9.78. The number of ether oxygens (including phenoxy) is 1. The van der Waals surface area contributed by atoms with E-state index in [1.165, 1.54) is 6.92 Å². The third-order valence-corrected chi connectivity index (χ3v) is 2.66. The fourth-order valence-corrected chi connectivity index (χ4v) is 1.70. The van der Waals surface area contributed by atoms with Gasteiger partial charge in [-0.05, 0) is 18.6 Å². The molecule has 23 heavy (non-hydrogen) atoms. The lowest BCUT2D eigenvalue weighted by atomic mass is 10.3. The number of aliphatic carboxylic acids is 1. The number of hydrogen-bond donors (Lipinski definition) is 4. The molecule has 0 atom stereocenters. The Labute approximate surface area is 134 Å². The molecule has 0 aliphatic carbocycles. The van der Waals surface area contributed by atoms with Gasteiger partial charge in [0.2, 0.25) is 5.91 Å². The highest BCUT2D eigenvalue weighted by atomic mass is 16.5. The van der Waals surface area contributed by atoms with E-state index in [-0.39, 0.29) is 25.0 Å². The van der Waals surface area contributed by atoms with Gasteiger partial charge >= 0.3 is 12.0 Å². The van der Waals surface area contributed by atoms with Gasteiger partial charge in [-0.1, -0.05) is 6.07 Å². The van der Waals surface area contributed by atoms with Gasteiger partial charge < -0.3 is 25.8 Å². The summed E-state index contributed by atoms with van der Waals surface area (Å²) in [6.45, 7) is 2.30. The van der Waals surface area contributed by atoms with Gasteiger partial charge in [0.25, 0.3) is 0 Å². The predicted molar refractivity (Wildman–Crippen MR) is 84.5 cm³/mol. The number of carboxylic acids is 1. The molecule has 1 aromatic carbocycles. The van der Waals surface area contributed by atoms with Crippen molar-refractivity contribution in [2.45, 2.75) is 19.8 Å². The molecule has 0 radical (unpaired) electrons. The monoisotopic (exact) mass is 323 g/mol. The van der Waals surface area contributed by atoms with E-state index in [9.17, 15) is 14.4 Å². The first-order chi connectivity index (χ1) is 11.0. The average molecular weight is 323 g/mol. The molecule has 0 heterocycles. The molecule has 0 aliphatic heterocycles. The van der Waals surface area contributed by atoms with Crippen molar-refractivity contribution in [3.8, 4) is 5.75 Å². The van der Waals surface area contributed by atoms with Crippen LogP contribution in [0.3, 0.4) is 0 Å². The molecule has 0 saturated carbocycles. The van der Waals surface area contributed by atoms with Crippen LogP contribution in [-0.4, -0.2) is 42.7 Å². The Morgan fingerprint density at radius 1 is 1.17 bits per heavy atom. The van der Waals surface area contributed by atoms with Gasteiger partial charge in [0.05, 0.1) is 6.54 Å². The number of carboxylic acid groups (broad SMARTS) is 1. The maximum atomic E-state index is 11.4. The summed E-state index contributed by atoms with van der Waals surface area (Å²) in [6.07, 6.45) is 0.406. The van der Waals surface area contributed by atoms with Crippen molar-refractivity contribution >= 4 is 23.6 Å². The molecule has 0 aliphatic rings. The summed E-state index contributed by atoms with van der Waals surface area (Å²) in [5.74, 6) is -0.467. The molecule has 0 bridgehead atoms. The molecule has 3 amide bonds. The molecular formula is C15H21N3O5. The molecule has 0 saturated heterocycles. The van der Waals surface area contributed by atoms with Crippen LogP contribution in [0.25, 0.3) is 0 Å². The molecule has 8 heteroatoms. The quantitative estimate of drug-likeness (QED) is 0.509. The van der Waals surface area contributed by atoms with Gasteiger partial charge in [-0.25, -0.2) is 4.79 Å². The van der Waals surface area contributed by atoms with E-state index in [1.54, 1.807) is 24.3 Å². The Bertz CT molecular complexity index is 548. The van der Waals surface area contributed by atoms with E-state index >= 15 is 0 Å².